The molecule has 1 fully saturated rings. The van der Waals surface area contributed by atoms with Crippen LogP contribution in [0, 0.1) is 10.1 Å². The molecule has 0 atom stereocenters. The van der Waals surface area contributed by atoms with Gasteiger partial charge in [-0.2, -0.15) is 0 Å². The summed E-state index contributed by atoms with van der Waals surface area (Å²) < 4.78 is 5.33. The number of nitrogens with zero attached hydrogens (tertiary/aromatic N) is 2. The monoisotopic (exact) mass is 214 g/mol. The normalized spacial score (nSPS) is 15.2. The molecule has 1 heterocycles. The Morgan fingerprint density at radius 3 is 2.86 bits per heavy atom. The van der Waals surface area contributed by atoms with Crippen LogP contribution in [-0.2, 0) is 0 Å². The molecule has 5 nitrogen and oxygen atoms in total. The Labute approximate surface area is 84.8 Å². The number of hydrogen-bond acceptors (Lipinski definition) is 4. The highest BCUT2D eigenvalue weighted by atomic mass is 35.5. The number of halogens is 1. The van der Waals surface area contributed by atoms with Gasteiger partial charge in [0.25, 0.3) is 0 Å². The van der Waals surface area contributed by atoms with Gasteiger partial charge in [-0.05, 0) is 12.8 Å². The highest BCUT2D eigenvalue weighted by Crippen LogP contribution is 2.37. The zero-order valence-corrected chi connectivity index (χ0v) is 7.90. The van der Waals surface area contributed by atoms with Crippen LogP contribution in [0.5, 0.6) is 5.75 Å². The van der Waals surface area contributed by atoms with E-state index < -0.39 is 4.92 Å². The third-order valence-corrected chi connectivity index (χ3v) is 2.11. The highest BCUT2D eigenvalue weighted by Gasteiger charge is 2.29. The van der Waals surface area contributed by atoms with Crippen molar-refractivity contribution in [3.05, 3.63) is 27.5 Å². The van der Waals surface area contributed by atoms with Crippen LogP contribution in [0.2, 0.25) is 5.02 Å². The van der Waals surface area contributed by atoms with Crippen LogP contribution in [0.15, 0.2) is 12.4 Å². The first-order chi connectivity index (χ1) is 6.68. The van der Waals surface area contributed by atoms with E-state index in [1.165, 1.54) is 6.20 Å². The van der Waals surface area contributed by atoms with Gasteiger partial charge in [0.05, 0.1) is 11.0 Å². The van der Waals surface area contributed by atoms with Crippen LogP contribution in [0.25, 0.3) is 0 Å². The van der Waals surface area contributed by atoms with Crippen LogP contribution in [0.1, 0.15) is 12.8 Å². The Morgan fingerprint density at radius 2 is 2.29 bits per heavy atom. The van der Waals surface area contributed by atoms with E-state index in [2.05, 4.69) is 4.98 Å². The predicted octanol–water partition coefficient (Wildman–Crippen LogP) is 2.18. The number of nitro groups is 1. The van der Waals surface area contributed by atoms with E-state index >= 15 is 0 Å². The fraction of sp³-hybridized carbons (Fsp3) is 0.375. The largest absolute Gasteiger partial charge is 0.482 e. The molecule has 1 saturated carbocycles. The maximum Gasteiger partial charge on any atom is 0.330 e. The van der Waals surface area contributed by atoms with Crippen molar-refractivity contribution in [2.45, 2.75) is 18.9 Å². The lowest BCUT2D eigenvalue weighted by Crippen LogP contribution is -2.01. The molecule has 1 aliphatic carbocycles. The minimum atomic E-state index is -0.545. The average molecular weight is 215 g/mol. The van der Waals surface area contributed by atoms with E-state index in [9.17, 15) is 10.1 Å². The van der Waals surface area contributed by atoms with Crippen molar-refractivity contribution in [2.75, 3.05) is 0 Å². The molecule has 74 valence electrons. The number of hydrogen-bond donors (Lipinski definition) is 0. The molecule has 0 spiro atoms. The quantitative estimate of drug-likeness (QED) is 0.571. The molecule has 14 heavy (non-hydrogen) atoms. The minimum Gasteiger partial charge on any atom is -0.482 e. The Hall–Kier alpha value is -1.36. The summed E-state index contributed by atoms with van der Waals surface area (Å²) in [6, 6.07) is 0. The van der Waals surface area contributed by atoms with Crippen LogP contribution in [-0.4, -0.2) is 16.0 Å². The van der Waals surface area contributed by atoms with Crippen molar-refractivity contribution in [1.82, 2.24) is 4.98 Å². The summed E-state index contributed by atoms with van der Waals surface area (Å²) in [6.45, 7) is 0. The average Bonchev–Trinajstić information content (AvgIpc) is 2.91. The maximum absolute atomic E-state index is 10.6. The van der Waals surface area contributed by atoms with E-state index in [0.717, 1.165) is 19.0 Å². The lowest BCUT2D eigenvalue weighted by Gasteiger charge is -2.05. The molecule has 0 bridgehead atoms. The van der Waals surface area contributed by atoms with Crippen LogP contribution in [0.4, 0.5) is 5.69 Å². The smallest absolute Gasteiger partial charge is 0.330 e. The first kappa shape index (κ1) is 9.21. The third kappa shape index (κ3) is 1.77. The van der Waals surface area contributed by atoms with Gasteiger partial charge in [-0.3, -0.25) is 15.1 Å². The first-order valence-electron chi connectivity index (χ1n) is 4.13. The van der Waals surface area contributed by atoms with Crippen molar-refractivity contribution in [3.63, 3.8) is 0 Å². The summed E-state index contributed by atoms with van der Waals surface area (Å²) in [5.74, 6) is 0.133. The second-order valence-corrected chi connectivity index (χ2v) is 3.45. The van der Waals surface area contributed by atoms with E-state index in [-0.39, 0.29) is 22.6 Å². The molecule has 0 aliphatic heterocycles. The summed E-state index contributed by atoms with van der Waals surface area (Å²) >= 11 is 5.75. The SMILES string of the molecule is O=[N+]([O-])c1cncc(Cl)c1OC1CC1. The van der Waals surface area contributed by atoms with Gasteiger partial charge in [-0.25, -0.2) is 0 Å². The van der Waals surface area contributed by atoms with Gasteiger partial charge in [-0.1, -0.05) is 11.6 Å². The second kappa shape index (κ2) is 3.42. The van der Waals surface area contributed by atoms with Crippen LogP contribution in [0.3, 0.4) is 0 Å². The van der Waals surface area contributed by atoms with Gasteiger partial charge in [0.1, 0.15) is 11.2 Å². The molecule has 2 rings (SSSR count). The molecule has 0 unspecified atom stereocenters. The lowest BCUT2D eigenvalue weighted by atomic mass is 10.4. The number of rotatable bonds is 3. The summed E-state index contributed by atoms with van der Waals surface area (Å²) in [5, 5.41) is 10.8. The summed E-state index contributed by atoms with van der Waals surface area (Å²) in [6.07, 6.45) is 4.41. The molecule has 0 amide bonds. The minimum absolute atomic E-state index is 0.0774. The highest BCUT2D eigenvalue weighted by molar-refractivity contribution is 6.32. The van der Waals surface area contributed by atoms with Crippen molar-refractivity contribution in [2.24, 2.45) is 0 Å². The van der Waals surface area contributed by atoms with E-state index in [4.69, 9.17) is 16.3 Å². The molecule has 1 aromatic rings. The van der Waals surface area contributed by atoms with E-state index in [0.29, 0.717) is 0 Å². The van der Waals surface area contributed by atoms with Crippen molar-refractivity contribution in [1.29, 1.82) is 0 Å². The molecular weight excluding hydrogens is 208 g/mol. The summed E-state index contributed by atoms with van der Waals surface area (Å²) in [7, 11) is 0. The second-order valence-electron chi connectivity index (χ2n) is 3.04. The predicted molar refractivity (Wildman–Crippen MR) is 49.6 cm³/mol. The van der Waals surface area contributed by atoms with Gasteiger partial charge >= 0.3 is 5.69 Å². The summed E-state index contributed by atoms with van der Waals surface area (Å²) in [4.78, 5) is 13.7. The van der Waals surface area contributed by atoms with Gasteiger partial charge in [0, 0.05) is 6.20 Å². The standard InChI is InChI=1S/C8H7ClN2O3/c9-6-3-10-4-7(11(12)13)8(6)14-5-1-2-5/h3-5H,1-2H2. The Morgan fingerprint density at radius 1 is 1.57 bits per heavy atom. The fourth-order valence-corrected chi connectivity index (χ4v) is 1.21. The molecular formula is C8H7ClN2O3. The van der Waals surface area contributed by atoms with Crippen molar-refractivity contribution < 1.29 is 9.66 Å². The topological polar surface area (TPSA) is 65.3 Å². The van der Waals surface area contributed by atoms with E-state index in [1.54, 1.807) is 0 Å². The first-order valence-corrected chi connectivity index (χ1v) is 4.51. The Bertz CT molecular complexity index is 379. The molecule has 0 saturated heterocycles. The molecule has 0 N–H and O–H groups in total. The third-order valence-electron chi connectivity index (χ3n) is 1.84. The zero-order chi connectivity index (χ0) is 10.1. The molecule has 1 aromatic heterocycles. The Balaban J connectivity index is 2.36. The molecule has 6 heteroatoms. The lowest BCUT2D eigenvalue weighted by molar-refractivity contribution is -0.386. The van der Waals surface area contributed by atoms with Crippen LogP contribution < -0.4 is 4.74 Å². The number of ether oxygens (including phenoxy) is 1. The van der Waals surface area contributed by atoms with Crippen molar-refractivity contribution in [3.8, 4) is 5.75 Å². The Kier molecular flexibility index (Phi) is 2.25. The number of pyridine rings is 1. The molecule has 0 radical (unpaired) electrons. The van der Waals surface area contributed by atoms with E-state index in [1.807, 2.05) is 0 Å². The van der Waals surface area contributed by atoms with Crippen LogP contribution >= 0.6 is 11.6 Å². The fourth-order valence-electron chi connectivity index (χ4n) is 1.01. The van der Waals surface area contributed by atoms with Gasteiger partial charge < -0.3 is 4.74 Å². The molecule has 0 aromatic carbocycles. The van der Waals surface area contributed by atoms with Gasteiger partial charge in [0.15, 0.2) is 0 Å². The zero-order valence-electron chi connectivity index (χ0n) is 7.14. The summed E-state index contributed by atoms with van der Waals surface area (Å²) in [5.41, 5.74) is -0.176. The van der Waals surface area contributed by atoms with Gasteiger partial charge in [-0.15, -0.1) is 0 Å². The maximum atomic E-state index is 10.6. The van der Waals surface area contributed by atoms with Gasteiger partial charge in [0.2, 0.25) is 5.75 Å². The van der Waals surface area contributed by atoms with Crippen molar-refractivity contribution >= 4 is 17.3 Å². The number of aromatic nitrogens is 1. The molecule has 1 aliphatic rings.